The maximum absolute atomic E-state index is 9.59. The fraction of sp³-hybridized carbons (Fsp3) is 0.632. The highest BCUT2D eigenvalue weighted by atomic mass is 16.5. The van der Waals surface area contributed by atoms with E-state index in [1.54, 1.807) is 27.9 Å². The van der Waals surface area contributed by atoms with Crippen LogP contribution in [0.5, 0.6) is 0 Å². The van der Waals surface area contributed by atoms with Crippen molar-refractivity contribution >= 4 is 39.8 Å². The number of methoxy groups -OCH3 is 1. The first-order valence-electron chi connectivity index (χ1n) is 44.6. The van der Waals surface area contributed by atoms with E-state index in [1.165, 1.54) is 11.4 Å². The number of aliphatic hydroxyl groups excluding tert-OH is 6. The van der Waals surface area contributed by atoms with E-state index < -0.39 is 18.3 Å². The molecule has 27 nitrogen and oxygen atoms in total. The van der Waals surface area contributed by atoms with Gasteiger partial charge in [-0.05, 0) is 160 Å². The third-order valence-electron chi connectivity index (χ3n) is 22.8. The van der Waals surface area contributed by atoms with E-state index in [0.29, 0.717) is 87.2 Å². The average Bonchev–Trinajstić information content (AvgIpc) is 0.937. The smallest absolute Gasteiger partial charge is 0.101 e. The highest BCUT2D eigenvalue weighted by molar-refractivity contribution is 5.51. The molecule has 7 saturated heterocycles. The Balaban J connectivity index is 0.000000177. The molecule has 122 heavy (non-hydrogen) atoms. The summed E-state index contributed by atoms with van der Waals surface area (Å²) in [4.78, 5) is 47.0. The van der Waals surface area contributed by atoms with Crippen molar-refractivity contribution in [1.82, 2.24) is 34.9 Å². The Kier molecular flexibility index (Phi) is 42.1. The summed E-state index contributed by atoms with van der Waals surface area (Å²) >= 11 is 0. The van der Waals surface area contributed by atoms with E-state index in [1.807, 2.05) is 43.4 Å². The number of aromatic nitrogens is 7. The van der Waals surface area contributed by atoms with Gasteiger partial charge in [0.15, 0.2) is 0 Å². The van der Waals surface area contributed by atoms with Crippen molar-refractivity contribution < 1.29 is 63.8 Å². The Morgan fingerprint density at radius 2 is 0.467 bits per heavy atom. The van der Waals surface area contributed by atoms with E-state index in [0.717, 1.165) is 173 Å². The highest BCUT2D eigenvalue weighted by Gasteiger charge is 2.30. The minimum absolute atomic E-state index is 0.0754. The number of morpholine rings is 6. The maximum Gasteiger partial charge on any atom is 0.101 e. The van der Waals surface area contributed by atoms with Crippen LogP contribution in [0.25, 0.3) is 0 Å². The number of rotatable bonds is 21. The van der Waals surface area contributed by atoms with Gasteiger partial charge in [-0.25, -0.2) is 0 Å². The fourth-order valence-electron chi connectivity index (χ4n) is 14.6. The molecule has 0 spiro atoms. The predicted molar refractivity (Wildman–Crippen MR) is 489 cm³/mol. The number of nitrogens with zero attached hydrogens (tertiary/aromatic N) is 14. The summed E-state index contributed by atoms with van der Waals surface area (Å²) < 4.78 is 38.3. The Bertz CT molecular complexity index is 3610. The van der Waals surface area contributed by atoms with Crippen LogP contribution in [0.15, 0.2) is 128 Å². The number of ether oxygens (including phenoxy) is 7. The third-order valence-corrected chi connectivity index (χ3v) is 22.8. The van der Waals surface area contributed by atoms with Crippen LogP contribution in [0, 0.1) is 0 Å². The molecule has 0 aliphatic carbocycles. The molecule has 0 aromatic carbocycles. The molecule has 7 aromatic rings. The lowest BCUT2D eigenvalue weighted by molar-refractivity contribution is -0.0364. The molecule has 14 rings (SSSR count). The molecule has 7 aliphatic rings. The van der Waals surface area contributed by atoms with Crippen LogP contribution in [0.3, 0.4) is 0 Å². The van der Waals surface area contributed by atoms with Gasteiger partial charge in [0.1, 0.15) is 18.3 Å². The molecule has 7 aliphatic heterocycles. The van der Waals surface area contributed by atoms with E-state index >= 15 is 0 Å². The SMILES string of the molecule is CC(C)c1ccc(N2CCOC(C(C)O)C2)cn1.CC(C)c1ccc(N2CCOC(CO)C2)cn1.CC(C)c1ccc(N2CCOC([C@@H](C)O)C2)cn1.CC(C)c1ccc(N2CCOC([C@H](C)O)C2)cn1.CC(C)c1ccc(N2CCO[C@@H](CO)C2)cn1.CC(C)c1ccc(N2CCO[C@H](CO)C2)cn1.COC1CCN(c2ccc(C(C)C)nc2)CC1. The van der Waals surface area contributed by atoms with E-state index in [9.17, 15) is 15.3 Å². The van der Waals surface area contributed by atoms with Gasteiger partial charge in [-0.3, -0.25) is 34.9 Å². The Morgan fingerprint density at radius 3 is 0.631 bits per heavy atom. The Morgan fingerprint density at radius 1 is 0.279 bits per heavy atom. The Hall–Kier alpha value is -7.87. The summed E-state index contributed by atoms with van der Waals surface area (Å²) in [6, 6.07) is 29.4. The molecular formula is C95H148N14O13. The van der Waals surface area contributed by atoms with Gasteiger partial charge in [0.2, 0.25) is 0 Å². The van der Waals surface area contributed by atoms with Crippen molar-refractivity contribution in [2.24, 2.45) is 0 Å². The zero-order valence-corrected chi connectivity index (χ0v) is 76.4. The number of hydrogen-bond acceptors (Lipinski definition) is 27. The minimum atomic E-state index is -0.435. The van der Waals surface area contributed by atoms with E-state index in [-0.39, 0.29) is 56.4 Å². The molecule has 6 N–H and O–H groups in total. The molecule has 14 heterocycles. The first kappa shape index (κ1) is 99.6. The summed E-state index contributed by atoms with van der Waals surface area (Å²) in [6.07, 6.45) is 14.3. The van der Waals surface area contributed by atoms with Gasteiger partial charge in [-0.15, -0.1) is 0 Å². The molecule has 9 atom stereocenters. The van der Waals surface area contributed by atoms with Crippen molar-refractivity contribution in [1.29, 1.82) is 0 Å². The van der Waals surface area contributed by atoms with Crippen LogP contribution >= 0.6 is 0 Å². The zero-order valence-electron chi connectivity index (χ0n) is 76.4. The zero-order chi connectivity index (χ0) is 88.4. The fourth-order valence-corrected chi connectivity index (χ4v) is 14.6. The second-order valence-corrected chi connectivity index (χ2v) is 34.7. The minimum Gasteiger partial charge on any atom is -0.394 e. The first-order valence-corrected chi connectivity index (χ1v) is 44.6. The van der Waals surface area contributed by atoms with Gasteiger partial charge in [0, 0.05) is 139 Å². The summed E-state index contributed by atoms with van der Waals surface area (Å²) in [6.45, 7) is 51.2. The molecule has 0 radical (unpaired) electrons. The van der Waals surface area contributed by atoms with Gasteiger partial charge >= 0.3 is 0 Å². The number of pyridine rings is 7. The molecule has 27 heteroatoms. The first-order chi connectivity index (χ1) is 58.5. The number of piperidine rings is 1. The molecule has 5 unspecified atom stereocenters. The standard InChI is InChI=1S/3C14H22N2O2.C14H22N2O.3C13H20N2O2/c3*1-10(2)13-5-4-12(8-15-13)16-6-7-18-14(9-16)11(3)17;1-11(2)14-5-4-12(10-15-14)16-8-6-13(17-3)7-9-16;3*1-10(2)13-4-3-11(7-14-13)15-5-6-17-12(8-15)9-16/h3*4-5,8,10-11,14,17H,6-7,9H2,1-3H3;4-5,10-11,13H,6-9H2,1-3H3;3*3-4,7,10,12,16H,5-6,8-9H2,1-2H3/t2*11-,14?;;;2*12-;/m10..10./s1. The number of aliphatic hydroxyl groups is 6. The molecule has 676 valence electrons. The predicted octanol–water partition coefficient (Wildman–Crippen LogP) is 12.4. The second kappa shape index (κ2) is 51.5. The quantitative estimate of drug-likeness (QED) is 0.0389. The monoisotopic (exact) mass is 1690 g/mol. The largest absolute Gasteiger partial charge is 0.394 e. The molecule has 0 bridgehead atoms. The van der Waals surface area contributed by atoms with Gasteiger partial charge in [-0.2, -0.15) is 0 Å². The van der Waals surface area contributed by atoms with Crippen molar-refractivity contribution in [2.75, 3.05) is 192 Å². The van der Waals surface area contributed by atoms with Crippen LogP contribution in [0.4, 0.5) is 39.8 Å². The van der Waals surface area contributed by atoms with Gasteiger partial charge in [0.25, 0.3) is 0 Å². The van der Waals surface area contributed by atoms with E-state index in [2.05, 4.69) is 251 Å². The molecule has 7 aromatic heterocycles. The van der Waals surface area contributed by atoms with Gasteiger partial charge in [0.05, 0.1) is 185 Å². The maximum atomic E-state index is 9.59. The average molecular weight is 1690 g/mol. The molecule has 0 saturated carbocycles. The summed E-state index contributed by atoms with van der Waals surface area (Å²) in [5, 5.41) is 56.1. The molecular weight excluding hydrogens is 1550 g/mol. The van der Waals surface area contributed by atoms with Crippen LogP contribution in [0.1, 0.15) is 212 Å². The van der Waals surface area contributed by atoms with Crippen molar-refractivity contribution in [3.63, 3.8) is 0 Å². The van der Waals surface area contributed by atoms with Crippen LogP contribution in [-0.2, 0) is 33.2 Å². The number of anilines is 7. The molecule has 7 fully saturated rings. The van der Waals surface area contributed by atoms with Crippen molar-refractivity contribution in [3.8, 4) is 0 Å². The van der Waals surface area contributed by atoms with Crippen LogP contribution in [-0.4, -0.2) is 285 Å². The summed E-state index contributed by atoms with van der Waals surface area (Å²) in [5.41, 5.74) is 15.7. The van der Waals surface area contributed by atoms with E-state index in [4.69, 9.17) is 48.5 Å². The third kappa shape index (κ3) is 32.0. The lowest BCUT2D eigenvalue weighted by atomic mass is 10.1. The highest BCUT2D eigenvalue weighted by Crippen LogP contribution is 2.29. The molecule has 0 amide bonds. The van der Waals surface area contributed by atoms with Crippen LogP contribution < -0.4 is 34.3 Å². The van der Waals surface area contributed by atoms with Crippen molar-refractivity contribution in [3.05, 3.63) is 168 Å². The normalized spacial score (nSPS) is 21.1. The van der Waals surface area contributed by atoms with Gasteiger partial charge in [-0.1, -0.05) is 96.9 Å². The lowest BCUT2D eigenvalue weighted by Gasteiger charge is -2.35. The summed E-state index contributed by atoms with van der Waals surface area (Å²) in [7, 11) is 1.80. The summed E-state index contributed by atoms with van der Waals surface area (Å²) in [5.74, 6) is 3.23. The van der Waals surface area contributed by atoms with Crippen molar-refractivity contribution in [2.45, 2.75) is 233 Å². The lowest BCUT2D eigenvalue weighted by Crippen LogP contribution is -2.47. The van der Waals surface area contributed by atoms with Gasteiger partial charge < -0.3 is 98.1 Å². The number of hydrogen-bond donors (Lipinski definition) is 6. The second-order valence-electron chi connectivity index (χ2n) is 34.7. The van der Waals surface area contributed by atoms with Crippen LogP contribution in [0.2, 0.25) is 0 Å². The topological polar surface area (TPSA) is 299 Å². The Labute approximate surface area is 728 Å².